The molecule has 0 aromatic heterocycles. The first-order chi connectivity index (χ1) is 7.49. The molecular weight excluding hydrogens is 220 g/mol. The fourth-order valence-corrected chi connectivity index (χ4v) is 1.31. The third kappa shape index (κ3) is 2.46. The third-order valence-electron chi connectivity index (χ3n) is 2.19. The molecule has 0 amide bonds. The van der Waals surface area contributed by atoms with Crippen LogP contribution in [0.15, 0.2) is 12.1 Å². The van der Waals surface area contributed by atoms with Gasteiger partial charge in [0.1, 0.15) is 6.10 Å². The molecule has 0 spiro atoms. The van der Waals surface area contributed by atoms with E-state index in [0.717, 1.165) is 12.1 Å². The average molecular weight is 233 g/mol. The number of aromatic hydroxyl groups is 1. The Morgan fingerprint density at radius 2 is 1.88 bits per heavy atom. The summed E-state index contributed by atoms with van der Waals surface area (Å²) in [6.07, 6.45) is -2.81. The van der Waals surface area contributed by atoms with E-state index in [1.165, 1.54) is 0 Å². The summed E-state index contributed by atoms with van der Waals surface area (Å²) in [4.78, 5) is 0. The SMILES string of the molecule is CNCC(O)C(O)c1ccc(O)c(F)c1F. The van der Waals surface area contributed by atoms with Gasteiger partial charge in [-0.1, -0.05) is 0 Å². The minimum atomic E-state index is -1.55. The van der Waals surface area contributed by atoms with E-state index in [1.807, 2.05) is 0 Å². The number of phenolic OH excluding ortho intramolecular Hbond substituents is 1. The maximum absolute atomic E-state index is 13.3. The number of nitrogens with one attached hydrogen (secondary N) is 1. The number of benzene rings is 1. The van der Waals surface area contributed by atoms with Crippen LogP contribution in [0.3, 0.4) is 0 Å². The van der Waals surface area contributed by atoms with Gasteiger partial charge in [0.25, 0.3) is 0 Å². The van der Waals surface area contributed by atoms with Gasteiger partial charge < -0.3 is 20.6 Å². The molecule has 2 atom stereocenters. The fourth-order valence-electron chi connectivity index (χ4n) is 1.31. The van der Waals surface area contributed by atoms with Gasteiger partial charge in [0.15, 0.2) is 11.6 Å². The van der Waals surface area contributed by atoms with Crippen molar-refractivity contribution < 1.29 is 24.1 Å². The zero-order chi connectivity index (χ0) is 12.3. The van der Waals surface area contributed by atoms with E-state index in [9.17, 15) is 19.0 Å². The van der Waals surface area contributed by atoms with Crippen molar-refractivity contribution in [3.05, 3.63) is 29.3 Å². The van der Waals surface area contributed by atoms with Crippen LogP contribution in [-0.4, -0.2) is 35.0 Å². The zero-order valence-electron chi connectivity index (χ0n) is 8.61. The summed E-state index contributed by atoms with van der Waals surface area (Å²) in [5, 5.41) is 30.4. The molecular formula is C10H13F2NO3. The van der Waals surface area contributed by atoms with Crippen molar-refractivity contribution in [3.63, 3.8) is 0 Å². The van der Waals surface area contributed by atoms with Crippen LogP contribution in [0, 0.1) is 11.6 Å². The molecule has 0 aliphatic heterocycles. The molecule has 6 heteroatoms. The summed E-state index contributed by atoms with van der Waals surface area (Å²) >= 11 is 0. The van der Waals surface area contributed by atoms with Crippen molar-refractivity contribution in [2.24, 2.45) is 0 Å². The lowest BCUT2D eigenvalue weighted by Crippen LogP contribution is -2.30. The molecule has 0 bridgehead atoms. The van der Waals surface area contributed by atoms with E-state index < -0.39 is 35.2 Å². The second kappa shape index (κ2) is 5.20. The van der Waals surface area contributed by atoms with Crippen LogP contribution in [0.4, 0.5) is 8.78 Å². The van der Waals surface area contributed by atoms with Crippen LogP contribution in [0.25, 0.3) is 0 Å². The van der Waals surface area contributed by atoms with Gasteiger partial charge in [-0.25, -0.2) is 4.39 Å². The van der Waals surface area contributed by atoms with Gasteiger partial charge in [-0.05, 0) is 19.2 Å². The molecule has 4 N–H and O–H groups in total. The first kappa shape index (κ1) is 12.8. The molecule has 1 rings (SSSR count). The Balaban J connectivity index is 3.00. The Labute approximate surface area is 91.2 Å². The van der Waals surface area contributed by atoms with E-state index in [-0.39, 0.29) is 6.54 Å². The maximum Gasteiger partial charge on any atom is 0.200 e. The van der Waals surface area contributed by atoms with Gasteiger partial charge in [-0.3, -0.25) is 0 Å². The summed E-state index contributed by atoms with van der Waals surface area (Å²) in [5.41, 5.74) is -0.391. The first-order valence-corrected chi connectivity index (χ1v) is 4.66. The molecule has 4 nitrogen and oxygen atoms in total. The van der Waals surface area contributed by atoms with Crippen molar-refractivity contribution in [2.45, 2.75) is 12.2 Å². The third-order valence-corrected chi connectivity index (χ3v) is 2.19. The highest BCUT2D eigenvalue weighted by atomic mass is 19.2. The lowest BCUT2D eigenvalue weighted by molar-refractivity contribution is 0.0177. The number of halogens is 2. The van der Waals surface area contributed by atoms with Gasteiger partial charge in [0, 0.05) is 12.1 Å². The molecule has 0 fully saturated rings. The Bertz CT molecular complexity index is 373. The fraction of sp³-hybridized carbons (Fsp3) is 0.400. The van der Waals surface area contributed by atoms with Crippen LogP contribution in [0.2, 0.25) is 0 Å². The summed E-state index contributed by atoms with van der Waals surface area (Å²) < 4.78 is 26.3. The minimum absolute atomic E-state index is 0.0309. The quantitative estimate of drug-likeness (QED) is 0.603. The molecule has 0 radical (unpaired) electrons. The molecule has 0 saturated carbocycles. The standard InChI is InChI=1S/C10H13F2NO3/c1-13-4-7(15)10(16)5-2-3-6(14)9(12)8(5)11/h2-3,7,10,13-16H,4H2,1H3. The molecule has 1 aromatic carbocycles. The largest absolute Gasteiger partial charge is 0.505 e. The van der Waals surface area contributed by atoms with Crippen molar-refractivity contribution in [1.82, 2.24) is 5.32 Å². The lowest BCUT2D eigenvalue weighted by Gasteiger charge is -2.18. The first-order valence-electron chi connectivity index (χ1n) is 4.66. The molecule has 0 aliphatic rings. The Morgan fingerprint density at radius 3 is 2.44 bits per heavy atom. The monoisotopic (exact) mass is 233 g/mol. The summed E-state index contributed by atoms with van der Waals surface area (Å²) in [5.74, 6) is -3.63. The van der Waals surface area contributed by atoms with Crippen molar-refractivity contribution >= 4 is 0 Å². The van der Waals surface area contributed by atoms with Crippen LogP contribution < -0.4 is 5.32 Å². The molecule has 0 heterocycles. The Hall–Kier alpha value is -1.24. The predicted molar refractivity (Wildman–Crippen MR) is 52.9 cm³/mol. The van der Waals surface area contributed by atoms with Crippen LogP contribution in [-0.2, 0) is 0 Å². The molecule has 0 aliphatic carbocycles. The van der Waals surface area contributed by atoms with Crippen LogP contribution >= 0.6 is 0 Å². The number of hydrogen-bond donors (Lipinski definition) is 4. The highest BCUT2D eigenvalue weighted by molar-refractivity contribution is 5.31. The highest BCUT2D eigenvalue weighted by Crippen LogP contribution is 2.26. The molecule has 1 aromatic rings. The van der Waals surface area contributed by atoms with Gasteiger partial charge in [-0.2, -0.15) is 4.39 Å². The number of likely N-dealkylation sites (N-methyl/N-ethyl adjacent to an activating group) is 1. The second-order valence-corrected chi connectivity index (χ2v) is 3.37. The van der Waals surface area contributed by atoms with E-state index in [2.05, 4.69) is 5.32 Å². The van der Waals surface area contributed by atoms with E-state index in [0.29, 0.717) is 0 Å². The summed E-state index contributed by atoms with van der Waals surface area (Å²) in [7, 11) is 1.55. The summed E-state index contributed by atoms with van der Waals surface area (Å²) in [6, 6.07) is 1.94. The molecule has 2 unspecified atom stereocenters. The smallest absolute Gasteiger partial charge is 0.200 e. The highest BCUT2D eigenvalue weighted by Gasteiger charge is 2.24. The predicted octanol–water partition coefficient (Wildman–Crippen LogP) is 0.284. The Morgan fingerprint density at radius 1 is 1.25 bits per heavy atom. The minimum Gasteiger partial charge on any atom is -0.505 e. The van der Waals surface area contributed by atoms with E-state index in [4.69, 9.17) is 5.11 Å². The van der Waals surface area contributed by atoms with Crippen molar-refractivity contribution in [3.8, 4) is 5.75 Å². The van der Waals surface area contributed by atoms with Gasteiger partial charge in [0.05, 0.1) is 6.10 Å². The van der Waals surface area contributed by atoms with E-state index >= 15 is 0 Å². The summed E-state index contributed by atoms with van der Waals surface area (Å²) in [6.45, 7) is 0.0309. The van der Waals surface area contributed by atoms with Crippen molar-refractivity contribution in [1.29, 1.82) is 0 Å². The number of rotatable bonds is 4. The zero-order valence-corrected chi connectivity index (χ0v) is 8.61. The topological polar surface area (TPSA) is 72.7 Å². The number of hydrogen-bond acceptors (Lipinski definition) is 4. The average Bonchev–Trinajstić information content (AvgIpc) is 2.26. The second-order valence-electron chi connectivity index (χ2n) is 3.37. The van der Waals surface area contributed by atoms with Crippen LogP contribution in [0.1, 0.15) is 11.7 Å². The molecule has 16 heavy (non-hydrogen) atoms. The number of phenols is 1. The van der Waals surface area contributed by atoms with Crippen molar-refractivity contribution in [2.75, 3.05) is 13.6 Å². The number of aliphatic hydroxyl groups is 2. The van der Waals surface area contributed by atoms with E-state index in [1.54, 1.807) is 7.05 Å². The molecule has 0 saturated heterocycles. The van der Waals surface area contributed by atoms with Gasteiger partial charge in [0.2, 0.25) is 5.82 Å². The van der Waals surface area contributed by atoms with Gasteiger partial charge >= 0.3 is 0 Å². The van der Waals surface area contributed by atoms with Crippen LogP contribution in [0.5, 0.6) is 5.75 Å². The molecule has 90 valence electrons. The van der Waals surface area contributed by atoms with Gasteiger partial charge in [-0.15, -0.1) is 0 Å². The normalized spacial score (nSPS) is 14.8. The number of aliphatic hydroxyl groups excluding tert-OH is 2. The maximum atomic E-state index is 13.3. The lowest BCUT2D eigenvalue weighted by atomic mass is 10.0. The Kier molecular flexibility index (Phi) is 4.17.